The summed E-state index contributed by atoms with van der Waals surface area (Å²) in [4.78, 5) is 6.45. The Morgan fingerprint density at radius 2 is 2.13 bits per heavy atom. The van der Waals surface area contributed by atoms with E-state index in [1.165, 1.54) is 12.1 Å². The molecule has 5 nitrogen and oxygen atoms in total. The molecule has 0 unspecified atom stereocenters. The summed E-state index contributed by atoms with van der Waals surface area (Å²) in [6.45, 7) is 2.90. The average Bonchev–Trinajstić information content (AvgIpc) is 2.95. The molecule has 0 bridgehead atoms. The van der Waals surface area contributed by atoms with Crippen molar-refractivity contribution in [3.05, 3.63) is 54.0 Å². The quantitative estimate of drug-likeness (QED) is 0.929. The number of anilines is 1. The van der Waals surface area contributed by atoms with E-state index >= 15 is 0 Å². The van der Waals surface area contributed by atoms with E-state index in [1.807, 2.05) is 23.1 Å². The first kappa shape index (κ1) is 15.9. The van der Waals surface area contributed by atoms with Crippen molar-refractivity contribution in [3.63, 3.8) is 0 Å². The van der Waals surface area contributed by atoms with E-state index in [9.17, 15) is 12.8 Å². The predicted molar refractivity (Wildman–Crippen MR) is 86.3 cm³/mol. The zero-order chi connectivity index (χ0) is 16.4. The van der Waals surface area contributed by atoms with E-state index in [4.69, 9.17) is 0 Å². The predicted octanol–water partition coefficient (Wildman–Crippen LogP) is 2.09. The second-order valence-electron chi connectivity index (χ2n) is 5.65. The van der Waals surface area contributed by atoms with E-state index in [0.717, 1.165) is 18.4 Å². The minimum Gasteiger partial charge on any atom is -0.355 e. The third-order valence-electron chi connectivity index (χ3n) is 3.91. The van der Waals surface area contributed by atoms with Gasteiger partial charge in [0.1, 0.15) is 11.6 Å². The molecule has 0 spiro atoms. The molecule has 1 N–H and O–H groups in total. The minimum absolute atomic E-state index is 0.121. The van der Waals surface area contributed by atoms with Gasteiger partial charge >= 0.3 is 0 Å². The molecule has 1 aromatic heterocycles. The number of halogens is 1. The largest absolute Gasteiger partial charge is 0.355 e. The summed E-state index contributed by atoms with van der Waals surface area (Å²) in [5.74, 6) is 0.399. The molecule has 2 heterocycles. The van der Waals surface area contributed by atoms with Crippen molar-refractivity contribution in [2.45, 2.75) is 24.3 Å². The molecular weight excluding hydrogens is 317 g/mol. The fourth-order valence-electron chi connectivity index (χ4n) is 2.80. The summed E-state index contributed by atoms with van der Waals surface area (Å²) in [5, 5.41) is 0. The zero-order valence-corrected chi connectivity index (χ0v) is 13.6. The van der Waals surface area contributed by atoms with Gasteiger partial charge in [-0.3, -0.25) is 0 Å². The Labute approximate surface area is 135 Å². The molecule has 1 atom stereocenters. The van der Waals surface area contributed by atoms with Gasteiger partial charge in [-0.1, -0.05) is 6.07 Å². The first-order valence-corrected chi connectivity index (χ1v) is 8.88. The van der Waals surface area contributed by atoms with Crippen LogP contribution >= 0.6 is 0 Å². The average molecular weight is 335 g/mol. The molecular formula is C16H18FN3O2S. The molecule has 1 saturated heterocycles. The van der Waals surface area contributed by atoms with Gasteiger partial charge in [0.25, 0.3) is 0 Å². The lowest BCUT2D eigenvalue weighted by atomic mass is 10.2. The van der Waals surface area contributed by atoms with Gasteiger partial charge < -0.3 is 4.90 Å². The van der Waals surface area contributed by atoms with Gasteiger partial charge in [0, 0.05) is 25.3 Å². The molecule has 1 aliphatic heterocycles. The van der Waals surface area contributed by atoms with Crippen LogP contribution in [0.15, 0.2) is 47.5 Å². The fraction of sp³-hybridized carbons (Fsp3) is 0.312. The SMILES string of the molecule is Cc1cc(F)ccc1S(=O)(=O)N[C@H]1CCN(c2ccccn2)C1. The van der Waals surface area contributed by atoms with E-state index < -0.39 is 15.8 Å². The van der Waals surface area contributed by atoms with Crippen LogP contribution in [0.4, 0.5) is 10.2 Å². The molecule has 122 valence electrons. The molecule has 1 aromatic carbocycles. The maximum Gasteiger partial charge on any atom is 0.241 e. The number of nitrogens with zero attached hydrogens (tertiary/aromatic N) is 2. The molecule has 0 aliphatic carbocycles. The maximum absolute atomic E-state index is 13.2. The van der Waals surface area contributed by atoms with E-state index in [2.05, 4.69) is 9.71 Å². The van der Waals surface area contributed by atoms with Crippen molar-refractivity contribution in [3.8, 4) is 0 Å². The number of pyridine rings is 1. The highest BCUT2D eigenvalue weighted by Gasteiger charge is 2.28. The second-order valence-corrected chi connectivity index (χ2v) is 7.33. The van der Waals surface area contributed by atoms with Crippen molar-refractivity contribution in [2.24, 2.45) is 0 Å². The molecule has 3 rings (SSSR count). The highest BCUT2D eigenvalue weighted by molar-refractivity contribution is 7.89. The van der Waals surface area contributed by atoms with Gasteiger partial charge in [-0.2, -0.15) is 0 Å². The Morgan fingerprint density at radius 3 is 2.83 bits per heavy atom. The number of rotatable bonds is 4. The topological polar surface area (TPSA) is 62.3 Å². The summed E-state index contributed by atoms with van der Waals surface area (Å²) in [5.41, 5.74) is 0.400. The van der Waals surface area contributed by atoms with Gasteiger partial charge in [-0.15, -0.1) is 0 Å². The summed E-state index contributed by atoms with van der Waals surface area (Å²) in [7, 11) is -3.66. The van der Waals surface area contributed by atoms with Crippen LogP contribution in [0, 0.1) is 12.7 Å². The molecule has 1 aliphatic rings. The number of hydrogen-bond donors (Lipinski definition) is 1. The lowest BCUT2D eigenvalue weighted by molar-refractivity contribution is 0.560. The molecule has 23 heavy (non-hydrogen) atoms. The number of benzene rings is 1. The first-order valence-electron chi connectivity index (χ1n) is 7.40. The Morgan fingerprint density at radius 1 is 1.30 bits per heavy atom. The molecule has 1 fully saturated rings. The van der Waals surface area contributed by atoms with Crippen LogP contribution in [-0.4, -0.2) is 32.5 Å². The lowest BCUT2D eigenvalue weighted by Crippen LogP contribution is -2.37. The smallest absolute Gasteiger partial charge is 0.241 e. The van der Waals surface area contributed by atoms with Gasteiger partial charge in [0.05, 0.1) is 4.90 Å². The number of aryl methyl sites for hydroxylation is 1. The van der Waals surface area contributed by atoms with Crippen LogP contribution in [0.1, 0.15) is 12.0 Å². The molecule has 0 amide bonds. The fourth-order valence-corrected chi connectivity index (χ4v) is 4.29. The molecule has 0 radical (unpaired) electrons. The Kier molecular flexibility index (Phi) is 4.32. The summed E-state index contributed by atoms with van der Waals surface area (Å²) < 4.78 is 40.9. The van der Waals surface area contributed by atoms with E-state index in [1.54, 1.807) is 13.1 Å². The zero-order valence-electron chi connectivity index (χ0n) is 12.7. The van der Waals surface area contributed by atoms with Crippen LogP contribution in [-0.2, 0) is 10.0 Å². The van der Waals surface area contributed by atoms with Crippen molar-refractivity contribution in [2.75, 3.05) is 18.0 Å². The summed E-state index contributed by atoms with van der Waals surface area (Å²) >= 11 is 0. The summed E-state index contributed by atoms with van der Waals surface area (Å²) in [6, 6.07) is 9.16. The van der Waals surface area contributed by atoms with Crippen molar-refractivity contribution in [1.29, 1.82) is 0 Å². The number of aromatic nitrogens is 1. The van der Waals surface area contributed by atoms with Gasteiger partial charge in [-0.05, 0) is 49.2 Å². The third-order valence-corrected chi connectivity index (χ3v) is 5.59. The molecule has 7 heteroatoms. The van der Waals surface area contributed by atoms with E-state index in [-0.39, 0.29) is 10.9 Å². The highest BCUT2D eigenvalue weighted by atomic mass is 32.2. The highest BCUT2D eigenvalue weighted by Crippen LogP contribution is 2.21. The normalized spacial score (nSPS) is 18.3. The van der Waals surface area contributed by atoms with Gasteiger partial charge in [-0.25, -0.2) is 22.5 Å². The van der Waals surface area contributed by atoms with Gasteiger partial charge in [0.2, 0.25) is 10.0 Å². The van der Waals surface area contributed by atoms with Crippen molar-refractivity contribution in [1.82, 2.24) is 9.71 Å². The van der Waals surface area contributed by atoms with Crippen LogP contribution in [0.2, 0.25) is 0 Å². The molecule has 0 saturated carbocycles. The Bertz CT molecular complexity index is 796. The van der Waals surface area contributed by atoms with Crippen LogP contribution in [0.5, 0.6) is 0 Å². The lowest BCUT2D eigenvalue weighted by Gasteiger charge is -2.18. The summed E-state index contributed by atoms with van der Waals surface area (Å²) in [6.07, 6.45) is 2.42. The van der Waals surface area contributed by atoms with Crippen molar-refractivity contribution < 1.29 is 12.8 Å². The van der Waals surface area contributed by atoms with Crippen LogP contribution < -0.4 is 9.62 Å². The standard InChI is InChI=1S/C16H18FN3O2S/c1-12-10-13(17)5-6-15(12)23(21,22)19-14-7-9-20(11-14)16-4-2-3-8-18-16/h2-6,8,10,14,19H,7,9,11H2,1H3/t14-/m0/s1. The number of sulfonamides is 1. The van der Waals surface area contributed by atoms with Crippen molar-refractivity contribution >= 4 is 15.8 Å². The van der Waals surface area contributed by atoms with Gasteiger partial charge in [0.15, 0.2) is 0 Å². The van der Waals surface area contributed by atoms with Crippen LogP contribution in [0.3, 0.4) is 0 Å². The van der Waals surface area contributed by atoms with E-state index in [0.29, 0.717) is 18.5 Å². The number of hydrogen-bond acceptors (Lipinski definition) is 4. The molecule has 2 aromatic rings. The first-order chi connectivity index (χ1) is 11.0. The maximum atomic E-state index is 13.2. The Hall–Kier alpha value is -1.99. The second kappa shape index (κ2) is 6.25. The van der Waals surface area contributed by atoms with Crippen LogP contribution in [0.25, 0.3) is 0 Å². The minimum atomic E-state index is -3.66. The Balaban J connectivity index is 1.72. The monoisotopic (exact) mass is 335 g/mol. The third kappa shape index (κ3) is 3.51. The number of nitrogens with one attached hydrogen (secondary N) is 1.